The van der Waals surface area contributed by atoms with Crippen molar-refractivity contribution in [1.82, 2.24) is 20.1 Å². The Morgan fingerprint density at radius 3 is 2.71 bits per heavy atom. The molecule has 1 N–H and O–H groups in total. The minimum Gasteiger partial charge on any atom is -0.481 e. The summed E-state index contributed by atoms with van der Waals surface area (Å²) in [6.07, 6.45) is 4.58. The lowest BCUT2D eigenvalue weighted by Gasteiger charge is -2.20. The summed E-state index contributed by atoms with van der Waals surface area (Å²) < 4.78 is 8.16. The Morgan fingerprint density at radius 1 is 1.33 bits per heavy atom. The van der Waals surface area contributed by atoms with Gasteiger partial charge in [-0.25, -0.2) is 4.98 Å². The van der Waals surface area contributed by atoms with E-state index in [1.54, 1.807) is 7.11 Å². The predicted octanol–water partition coefficient (Wildman–Crippen LogP) is 2.96. The monoisotopic (exact) mass is 352 g/mol. The van der Waals surface area contributed by atoms with Crippen molar-refractivity contribution in [1.29, 1.82) is 0 Å². The topological polar surface area (TPSA) is 52.0 Å². The maximum absolute atomic E-state index is 5.10. The van der Waals surface area contributed by atoms with Gasteiger partial charge in [0.2, 0.25) is 5.88 Å². The number of methoxy groups -OCH3 is 1. The Morgan fingerprint density at radius 2 is 2.14 bits per heavy atom. The van der Waals surface area contributed by atoms with Crippen molar-refractivity contribution >= 4 is 15.9 Å². The molecule has 0 radical (unpaired) electrons. The summed E-state index contributed by atoms with van der Waals surface area (Å²) in [7, 11) is 1.63. The standard InChI is InChI=1S/C15H21BrN4O/c1-4-17-13(15-12(16)10-19-20(15)5-2)8-11-6-7-14(21-3)18-9-11/h6-7,9-10,13,17H,4-5,8H2,1-3H3. The molecule has 0 aliphatic carbocycles. The summed E-state index contributed by atoms with van der Waals surface area (Å²) in [6.45, 7) is 5.96. The van der Waals surface area contributed by atoms with E-state index in [9.17, 15) is 0 Å². The van der Waals surface area contributed by atoms with Gasteiger partial charge >= 0.3 is 0 Å². The average Bonchev–Trinajstić information content (AvgIpc) is 2.88. The molecule has 2 heterocycles. The summed E-state index contributed by atoms with van der Waals surface area (Å²) in [5, 5.41) is 7.93. The summed E-state index contributed by atoms with van der Waals surface area (Å²) in [5.74, 6) is 0.638. The lowest BCUT2D eigenvalue weighted by molar-refractivity contribution is 0.397. The van der Waals surface area contributed by atoms with Crippen molar-refractivity contribution in [3.8, 4) is 5.88 Å². The Bertz CT molecular complexity index is 568. The van der Waals surface area contributed by atoms with Gasteiger partial charge < -0.3 is 10.1 Å². The second kappa shape index (κ2) is 7.56. The summed E-state index contributed by atoms with van der Waals surface area (Å²) in [4.78, 5) is 4.27. The van der Waals surface area contributed by atoms with Gasteiger partial charge in [0, 0.05) is 18.8 Å². The normalized spacial score (nSPS) is 12.4. The minimum absolute atomic E-state index is 0.196. The molecule has 0 fully saturated rings. The Kier molecular flexibility index (Phi) is 5.76. The van der Waals surface area contributed by atoms with Gasteiger partial charge in [-0.05, 0) is 41.4 Å². The molecule has 2 rings (SSSR count). The van der Waals surface area contributed by atoms with Crippen LogP contribution in [-0.2, 0) is 13.0 Å². The van der Waals surface area contributed by atoms with E-state index in [0.29, 0.717) is 5.88 Å². The highest BCUT2D eigenvalue weighted by atomic mass is 79.9. The molecule has 0 spiro atoms. The molecule has 1 unspecified atom stereocenters. The van der Waals surface area contributed by atoms with Crippen molar-refractivity contribution in [2.45, 2.75) is 32.9 Å². The quantitative estimate of drug-likeness (QED) is 0.832. The second-order valence-electron chi connectivity index (χ2n) is 4.72. The molecule has 0 aliphatic rings. The number of pyridine rings is 1. The van der Waals surface area contributed by atoms with Crippen LogP contribution in [0.4, 0.5) is 0 Å². The fourth-order valence-corrected chi connectivity index (χ4v) is 2.94. The van der Waals surface area contributed by atoms with E-state index in [-0.39, 0.29) is 6.04 Å². The highest BCUT2D eigenvalue weighted by Gasteiger charge is 2.19. The van der Waals surface area contributed by atoms with Crippen LogP contribution in [0.25, 0.3) is 0 Å². The van der Waals surface area contributed by atoms with E-state index in [1.165, 1.54) is 5.69 Å². The van der Waals surface area contributed by atoms with Gasteiger partial charge in [0.15, 0.2) is 0 Å². The van der Waals surface area contributed by atoms with Gasteiger partial charge in [-0.3, -0.25) is 4.68 Å². The molecule has 114 valence electrons. The predicted molar refractivity (Wildman–Crippen MR) is 86.5 cm³/mol. The number of hydrogen-bond donors (Lipinski definition) is 1. The van der Waals surface area contributed by atoms with E-state index >= 15 is 0 Å². The van der Waals surface area contributed by atoms with Crippen LogP contribution in [0, 0.1) is 0 Å². The molecular weight excluding hydrogens is 332 g/mol. The van der Waals surface area contributed by atoms with Crippen molar-refractivity contribution in [3.63, 3.8) is 0 Å². The third-order valence-electron chi connectivity index (χ3n) is 3.36. The second-order valence-corrected chi connectivity index (χ2v) is 5.57. The average molecular weight is 353 g/mol. The first kappa shape index (κ1) is 16.0. The molecule has 21 heavy (non-hydrogen) atoms. The van der Waals surface area contributed by atoms with Gasteiger partial charge in [0.05, 0.1) is 29.5 Å². The number of halogens is 1. The van der Waals surface area contributed by atoms with Gasteiger partial charge in [0.25, 0.3) is 0 Å². The molecule has 0 saturated heterocycles. The van der Waals surface area contributed by atoms with Crippen LogP contribution in [0.1, 0.15) is 31.1 Å². The zero-order valence-corrected chi connectivity index (χ0v) is 14.2. The molecule has 0 amide bonds. The van der Waals surface area contributed by atoms with Gasteiger partial charge in [-0.2, -0.15) is 5.10 Å². The van der Waals surface area contributed by atoms with Crippen LogP contribution >= 0.6 is 15.9 Å². The maximum atomic E-state index is 5.10. The maximum Gasteiger partial charge on any atom is 0.212 e. The number of ether oxygens (including phenoxy) is 1. The van der Waals surface area contributed by atoms with Crippen LogP contribution in [-0.4, -0.2) is 28.4 Å². The zero-order chi connectivity index (χ0) is 15.2. The third kappa shape index (κ3) is 3.83. The Labute approximate surface area is 133 Å². The first-order valence-corrected chi connectivity index (χ1v) is 7.92. The number of nitrogens with zero attached hydrogens (tertiary/aromatic N) is 3. The van der Waals surface area contributed by atoms with Crippen LogP contribution in [0.3, 0.4) is 0 Å². The lowest BCUT2D eigenvalue weighted by atomic mass is 10.0. The lowest BCUT2D eigenvalue weighted by Crippen LogP contribution is -2.26. The highest BCUT2D eigenvalue weighted by molar-refractivity contribution is 9.10. The van der Waals surface area contributed by atoms with Crippen LogP contribution in [0.5, 0.6) is 5.88 Å². The molecule has 0 aliphatic heterocycles. The number of aromatic nitrogens is 3. The van der Waals surface area contributed by atoms with Gasteiger partial charge in [0.1, 0.15) is 0 Å². The molecule has 1 atom stereocenters. The summed E-state index contributed by atoms with van der Waals surface area (Å²) in [6, 6.07) is 4.14. The van der Waals surface area contributed by atoms with E-state index in [0.717, 1.165) is 29.5 Å². The van der Waals surface area contributed by atoms with Crippen molar-refractivity contribution in [2.24, 2.45) is 0 Å². The zero-order valence-electron chi connectivity index (χ0n) is 12.6. The minimum atomic E-state index is 0.196. The fourth-order valence-electron chi connectivity index (χ4n) is 2.37. The molecule has 6 heteroatoms. The molecule has 2 aromatic heterocycles. The number of nitrogens with one attached hydrogen (secondary N) is 1. The first-order valence-electron chi connectivity index (χ1n) is 7.13. The Balaban J connectivity index is 2.23. The molecule has 5 nitrogen and oxygen atoms in total. The molecule has 0 saturated carbocycles. The van der Waals surface area contributed by atoms with Crippen molar-refractivity contribution in [2.75, 3.05) is 13.7 Å². The van der Waals surface area contributed by atoms with Crippen molar-refractivity contribution in [3.05, 3.63) is 40.3 Å². The van der Waals surface area contributed by atoms with Gasteiger partial charge in [-0.1, -0.05) is 13.0 Å². The van der Waals surface area contributed by atoms with Crippen molar-refractivity contribution < 1.29 is 4.74 Å². The molecule has 2 aromatic rings. The molecule has 0 bridgehead atoms. The highest BCUT2D eigenvalue weighted by Crippen LogP contribution is 2.26. The number of aryl methyl sites for hydroxylation is 1. The summed E-state index contributed by atoms with van der Waals surface area (Å²) in [5.41, 5.74) is 2.34. The van der Waals surface area contributed by atoms with Gasteiger partial charge in [-0.15, -0.1) is 0 Å². The Hall–Kier alpha value is -1.40. The van der Waals surface area contributed by atoms with Crippen LogP contribution in [0.15, 0.2) is 29.0 Å². The number of likely N-dealkylation sites (N-methyl/N-ethyl adjacent to an activating group) is 1. The van der Waals surface area contributed by atoms with E-state index in [1.807, 2.05) is 23.1 Å². The number of hydrogen-bond acceptors (Lipinski definition) is 4. The molecular formula is C15H21BrN4O. The SMILES string of the molecule is CCNC(Cc1ccc(OC)nc1)c1c(Br)cnn1CC. The fraction of sp³-hybridized carbons (Fsp3) is 0.467. The number of rotatable bonds is 7. The first-order chi connectivity index (χ1) is 10.2. The molecule has 0 aromatic carbocycles. The van der Waals surface area contributed by atoms with E-state index < -0.39 is 0 Å². The van der Waals surface area contributed by atoms with E-state index in [4.69, 9.17) is 4.74 Å². The smallest absolute Gasteiger partial charge is 0.212 e. The summed E-state index contributed by atoms with van der Waals surface area (Å²) >= 11 is 3.61. The third-order valence-corrected chi connectivity index (χ3v) is 3.97. The van der Waals surface area contributed by atoms with Crippen LogP contribution < -0.4 is 10.1 Å². The van der Waals surface area contributed by atoms with Crippen LogP contribution in [0.2, 0.25) is 0 Å². The van der Waals surface area contributed by atoms with E-state index in [2.05, 4.69) is 51.2 Å². The largest absolute Gasteiger partial charge is 0.481 e.